The van der Waals surface area contributed by atoms with E-state index in [0.717, 1.165) is 22.1 Å². The number of hydrazone groups is 1. The molecule has 0 fully saturated rings. The van der Waals surface area contributed by atoms with Gasteiger partial charge in [-0.3, -0.25) is 0 Å². The molecule has 0 amide bonds. The van der Waals surface area contributed by atoms with E-state index in [2.05, 4.69) is 5.10 Å². The number of benzene rings is 3. The zero-order valence-corrected chi connectivity index (χ0v) is 21.0. The lowest BCUT2D eigenvalue weighted by Crippen LogP contribution is -2.27. The summed E-state index contributed by atoms with van der Waals surface area (Å²) in [5.41, 5.74) is 0.386. The third-order valence-electron chi connectivity index (χ3n) is 6.32. The van der Waals surface area contributed by atoms with Gasteiger partial charge in [0.25, 0.3) is 10.0 Å². The quantitative estimate of drug-likeness (QED) is 0.303. The summed E-state index contributed by atoms with van der Waals surface area (Å²) in [4.78, 5) is 12.0. The van der Waals surface area contributed by atoms with Crippen LogP contribution in [-0.2, 0) is 16.2 Å². The first-order valence-electron chi connectivity index (χ1n) is 11.5. The van der Waals surface area contributed by atoms with Crippen molar-refractivity contribution in [3.05, 3.63) is 105 Å². The van der Waals surface area contributed by atoms with Crippen molar-refractivity contribution < 1.29 is 30.7 Å². The highest BCUT2D eigenvalue weighted by molar-refractivity contribution is 7.89. The average molecular weight is 543 g/mol. The van der Waals surface area contributed by atoms with Crippen molar-refractivity contribution in [1.82, 2.24) is 4.41 Å². The number of methoxy groups -OCH3 is 1. The topological polar surface area (TPSA) is 89.2 Å². The van der Waals surface area contributed by atoms with Crippen molar-refractivity contribution in [3.63, 3.8) is 0 Å². The number of sulfonamides is 1. The lowest BCUT2D eigenvalue weighted by molar-refractivity contribution is -0.137. The fraction of sp³-hybridized carbons (Fsp3) is 0.185. The summed E-state index contributed by atoms with van der Waals surface area (Å²) in [6.07, 6.45) is -4.55. The Labute approximate surface area is 215 Å². The van der Waals surface area contributed by atoms with Crippen LogP contribution in [0, 0.1) is 6.92 Å². The van der Waals surface area contributed by atoms with Gasteiger partial charge in [0.05, 0.1) is 34.9 Å². The third-order valence-corrected chi connectivity index (χ3v) is 8.02. The number of fused-ring (bicyclic) bond motifs is 1. The van der Waals surface area contributed by atoms with Gasteiger partial charge in [-0.05, 0) is 55.0 Å². The number of ether oxygens (including phenoxy) is 1. The minimum absolute atomic E-state index is 0.00939. The molecule has 0 spiro atoms. The van der Waals surface area contributed by atoms with E-state index >= 15 is 0 Å². The fourth-order valence-electron chi connectivity index (χ4n) is 4.38. The predicted octanol–water partition coefficient (Wildman–Crippen LogP) is 5.67. The van der Waals surface area contributed by atoms with E-state index in [1.165, 1.54) is 37.4 Å². The zero-order chi connectivity index (χ0) is 27.2. The van der Waals surface area contributed by atoms with Crippen LogP contribution in [0.15, 0.2) is 92.0 Å². The zero-order valence-electron chi connectivity index (χ0n) is 20.2. The number of hydrogen-bond donors (Lipinski definition) is 0. The highest BCUT2D eigenvalue weighted by atomic mass is 32.2. The highest BCUT2D eigenvalue weighted by Gasteiger charge is 2.40. The van der Waals surface area contributed by atoms with Crippen LogP contribution >= 0.6 is 0 Å². The van der Waals surface area contributed by atoms with E-state index in [1.54, 1.807) is 30.3 Å². The van der Waals surface area contributed by atoms with E-state index in [4.69, 9.17) is 9.15 Å². The second-order valence-corrected chi connectivity index (χ2v) is 10.6. The molecule has 1 aliphatic heterocycles. The Hall–Kier alpha value is -4.12. The molecular formula is C27H21F3N2O5S. The molecule has 0 saturated carbocycles. The molecule has 0 N–H and O–H groups in total. The summed E-state index contributed by atoms with van der Waals surface area (Å²) in [7, 11) is -2.81. The summed E-state index contributed by atoms with van der Waals surface area (Å²) in [5.74, 6) is 0.298. The van der Waals surface area contributed by atoms with Gasteiger partial charge in [0, 0.05) is 17.9 Å². The van der Waals surface area contributed by atoms with E-state index in [1.807, 2.05) is 6.92 Å². The summed E-state index contributed by atoms with van der Waals surface area (Å²) < 4.78 is 78.9. The van der Waals surface area contributed by atoms with E-state index in [9.17, 15) is 26.4 Å². The van der Waals surface area contributed by atoms with Crippen molar-refractivity contribution in [3.8, 4) is 5.75 Å². The molecule has 0 bridgehead atoms. The second-order valence-electron chi connectivity index (χ2n) is 8.79. The van der Waals surface area contributed by atoms with E-state index < -0.39 is 33.4 Å². The monoisotopic (exact) mass is 542 g/mol. The Morgan fingerprint density at radius 2 is 1.63 bits per heavy atom. The van der Waals surface area contributed by atoms with Gasteiger partial charge in [-0.25, -0.2) is 4.79 Å². The van der Waals surface area contributed by atoms with Gasteiger partial charge < -0.3 is 9.15 Å². The van der Waals surface area contributed by atoms with E-state index in [-0.39, 0.29) is 22.6 Å². The molecule has 196 valence electrons. The van der Waals surface area contributed by atoms with Crippen LogP contribution in [0.1, 0.15) is 34.7 Å². The molecule has 11 heteroatoms. The van der Waals surface area contributed by atoms with Crippen LogP contribution in [0.25, 0.3) is 11.0 Å². The standard InChI is InChI=1S/C27H21F3N2O5S/c1-16-3-11-20(12-4-16)38(34,35)32-22(17-5-9-19(10-6-17)27(28,29)30)15-21(31-32)25-23(36-2)13-7-18-8-14-24(33)37-26(18)25/h3-14,22H,15H2,1-2H3. The predicted molar refractivity (Wildman–Crippen MR) is 135 cm³/mol. The average Bonchev–Trinajstić information content (AvgIpc) is 3.34. The number of aryl methyl sites for hydroxylation is 1. The van der Waals surface area contributed by atoms with Gasteiger partial charge in [0.15, 0.2) is 5.58 Å². The fourth-order valence-corrected chi connectivity index (χ4v) is 5.81. The maximum Gasteiger partial charge on any atom is 0.416 e. The summed E-state index contributed by atoms with van der Waals surface area (Å²) in [6.45, 7) is 1.81. The number of hydrogen-bond acceptors (Lipinski definition) is 6. The van der Waals surface area contributed by atoms with Crippen LogP contribution in [0.3, 0.4) is 0 Å². The normalized spacial score (nSPS) is 16.1. The molecule has 4 aromatic rings. The minimum Gasteiger partial charge on any atom is -0.496 e. The van der Waals surface area contributed by atoms with Crippen molar-refractivity contribution in [2.24, 2.45) is 5.10 Å². The molecule has 0 aliphatic carbocycles. The summed E-state index contributed by atoms with van der Waals surface area (Å²) in [5, 5.41) is 5.01. The molecule has 5 rings (SSSR count). The number of nitrogens with zero attached hydrogens (tertiary/aromatic N) is 2. The molecule has 3 aromatic carbocycles. The Morgan fingerprint density at radius 1 is 0.974 bits per heavy atom. The van der Waals surface area contributed by atoms with Crippen LogP contribution in [-0.4, -0.2) is 25.7 Å². The van der Waals surface area contributed by atoms with Crippen LogP contribution in [0.5, 0.6) is 5.75 Å². The smallest absolute Gasteiger partial charge is 0.416 e. The summed E-state index contributed by atoms with van der Waals surface area (Å²) in [6, 6.07) is 15.6. The van der Waals surface area contributed by atoms with Crippen molar-refractivity contribution in [2.75, 3.05) is 7.11 Å². The van der Waals surface area contributed by atoms with Crippen LogP contribution in [0.2, 0.25) is 0 Å². The first-order valence-corrected chi connectivity index (χ1v) is 12.9. The minimum atomic E-state index is -4.54. The second kappa shape index (κ2) is 9.32. The van der Waals surface area contributed by atoms with Gasteiger partial charge in [-0.2, -0.15) is 31.1 Å². The maximum absolute atomic E-state index is 13.7. The Kier molecular flexibility index (Phi) is 6.26. The van der Waals surface area contributed by atoms with Crippen molar-refractivity contribution in [1.29, 1.82) is 0 Å². The first-order chi connectivity index (χ1) is 18.0. The SMILES string of the molecule is COc1ccc2ccc(=O)oc2c1C1=NN(S(=O)(=O)c2ccc(C)cc2)C(c2ccc(C(F)(F)F)cc2)C1. The molecule has 1 unspecified atom stereocenters. The lowest BCUT2D eigenvalue weighted by Gasteiger charge is -2.24. The molecule has 38 heavy (non-hydrogen) atoms. The molecular weight excluding hydrogens is 521 g/mol. The molecule has 1 aromatic heterocycles. The number of rotatable bonds is 5. The maximum atomic E-state index is 13.7. The highest BCUT2D eigenvalue weighted by Crippen LogP contribution is 2.41. The summed E-state index contributed by atoms with van der Waals surface area (Å²) >= 11 is 0. The number of halogens is 3. The van der Waals surface area contributed by atoms with Gasteiger partial charge >= 0.3 is 11.8 Å². The molecule has 0 radical (unpaired) electrons. The van der Waals surface area contributed by atoms with Crippen LogP contribution in [0.4, 0.5) is 13.2 Å². The Balaban J connectivity index is 1.69. The van der Waals surface area contributed by atoms with Gasteiger partial charge in [-0.1, -0.05) is 29.8 Å². The Morgan fingerprint density at radius 3 is 2.26 bits per heavy atom. The van der Waals surface area contributed by atoms with E-state index in [0.29, 0.717) is 22.3 Å². The molecule has 2 heterocycles. The molecule has 7 nitrogen and oxygen atoms in total. The largest absolute Gasteiger partial charge is 0.496 e. The first kappa shape index (κ1) is 25.5. The Bertz CT molecular complexity index is 1710. The third kappa shape index (κ3) is 4.53. The van der Waals surface area contributed by atoms with Crippen molar-refractivity contribution in [2.45, 2.75) is 30.5 Å². The van der Waals surface area contributed by atoms with Gasteiger partial charge in [0.1, 0.15) is 5.75 Å². The van der Waals surface area contributed by atoms with Gasteiger partial charge in [-0.15, -0.1) is 0 Å². The molecule has 1 aliphatic rings. The molecule has 0 saturated heterocycles. The van der Waals surface area contributed by atoms with Gasteiger partial charge in [0.2, 0.25) is 0 Å². The van der Waals surface area contributed by atoms with Crippen molar-refractivity contribution >= 4 is 26.7 Å². The molecule has 1 atom stereocenters. The number of alkyl halides is 3. The lowest BCUT2D eigenvalue weighted by atomic mass is 9.96. The van der Waals surface area contributed by atoms with Crippen LogP contribution < -0.4 is 10.4 Å².